The van der Waals surface area contributed by atoms with Gasteiger partial charge in [0.15, 0.2) is 0 Å². The molecule has 4 aromatic rings. The van der Waals surface area contributed by atoms with Crippen molar-refractivity contribution in [3.8, 4) is 11.4 Å². The third-order valence-electron chi connectivity index (χ3n) is 4.14. The Kier molecular flexibility index (Phi) is 5.20. The zero-order chi connectivity index (χ0) is 19.2. The molecular formula is C22H18N2O4. The van der Waals surface area contributed by atoms with Crippen LogP contribution in [0.5, 0.6) is 5.75 Å². The number of esters is 1. The predicted octanol–water partition coefficient (Wildman–Crippen LogP) is 4.40. The van der Waals surface area contributed by atoms with Gasteiger partial charge in [-0.25, -0.2) is 9.48 Å². The van der Waals surface area contributed by atoms with E-state index in [0.29, 0.717) is 5.56 Å². The van der Waals surface area contributed by atoms with E-state index in [1.807, 2.05) is 66.9 Å². The average molecular weight is 374 g/mol. The Balaban J connectivity index is 1.35. The van der Waals surface area contributed by atoms with Crippen molar-refractivity contribution in [3.05, 3.63) is 102 Å². The summed E-state index contributed by atoms with van der Waals surface area (Å²) < 4.78 is 18.1. The van der Waals surface area contributed by atoms with Crippen LogP contribution >= 0.6 is 0 Å². The maximum absolute atomic E-state index is 12.4. The Hall–Kier alpha value is -3.80. The van der Waals surface area contributed by atoms with Gasteiger partial charge < -0.3 is 13.9 Å². The van der Waals surface area contributed by atoms with E-state index in [9.17, 15) is 4.79 Å². The normalized spacial score (nSPS) is 10.6. The Morgan fingerprint density at radius 1 is 0.964 bits per heavy atom. The summed E-state index contributed by atoms with van der Waals surface area (Å²) in [6.45, 7) is 0.376. The summed E-state index contributed by atoms with van der Waals surface area (Å²) in [6, 6.07) is 20.6. The number of hydrogen-bond acceptors (Lipinski definition) is 5. The SMILES string of the molecule is O=C(OCc1ccc(-n2cccn2)cc1)c1occc1COc1ccccc1. The molecule has 0 N–H and O–H groups in total. The largest absolute Gasteiger partial charge is 0.489 e. The third kappa shape index (κ3) is 4.12. The van der Waals surface area contributed by atoms with Crippen LogP contribution in [0.2, 0.25) is 0 Å². The first-order chi connectivity index (χ1) is 13.8. The van der Waals surface area contributed by atoms with Crippen LogP contribution in [0.15, 0.2) is 89.8 Å². The summed E-state index contributed by atoms with van der Waals surface area (Å²) in [5, 5.41) is 4.18. The highest BCUT2D eigenvalue weighted by molar-refractivity contribution is 5.87. The van der Waals surface area contributed by atoms with Crippen molar-refractivity contribution in [1.82, 2.24) is 9.78 Å². The molecule has 0 fully saturated rings. The highest BCUT2D eigenvalue weighted by atomic mass is 16.5. The van der Waals surface area contributed by atoms with Gasteiger partial charge in [0.05, 0.1) is 12.0 Å². The van der Waals surface area contributed by atoms with E-state index in [0.717, 1.165) is 17.0 Å². The fourth-order valence-electron chi connectivity index (χ4n) is 2.69. The highest BCUT2D eigenvalue weighted by Crippen LogP contribution is 2.17. The number of aromatic nitrogens is 2. The molecule has 0 radical (unpaired) electrons. The molecule has 4 rings (SSSR count). The van der Waals surface area contributed by atoms with E-state index in [1.165, 1.54) is 6.26 Å². The van der Waals surface area contributed by atoms with Gasteiger partial charge in [-0.2, -0.15) is 5.10 Å². The van der Waals surface area contributed by atoms with Crippen LogP contribution in [-0.2, 0) is 18.0 Å². The molecule has 2 aromatic carbocycles. The van der Waals surface area contributed by atoms with Crippen LogP contribution < -0.4 is 4.74 Å². The topological polar surface area (TPSA) is 66.5 Å². The molecule has 0 saturated heterocycles. The van der Waals surface area contributed by atoms with E-state index >= 15 is 0 Å². The monoisotopic (exact) mass is 374 g/mol. The van der Waals surface area contributed by atoms with Crippen molar-refractivity contribution in [2.24, 2.45) is 0 Å². The number of ether oxygens (including phenoxy) is 2. The van der Waals surface area contributed by atoms with Gasteiger partial charge in [0, 0.05) is 18.0 Å². The minimum Gasteiger partial charge on any atom is -0.489 e. The molecule has 0 aliphatic carbocycles. The van der Waals surface area contributed by atoms with Crippen molar-refractivity contribution >= 4 is 5.97 Å². The van der Waals surface area contributed by atoms with Crippen LogP contribution in [0.4, 0.5) is 0 Å². The zero-order valence-electron chi connectivity index (χ0n) is 15.0. The molecule has 0 atom stereocenters. The lowest BCUT2D eigenvalue weighted by molar-refractivity contribution is 0.0432. The van der Waals surface area contributed by atoms with Crippen LogP contribution in [0.25, 0.3) is 5.69 Å². The molecule has 6 nitrogen and oxygen atoms in total. The molecule has 28 heavy (non-hydrogen) atoms. The van der Waals surface area contributed by atoms with E-state index in [2.05, 4.69) is 5.10 Å². The van der Waals surface area contributed by atoms with E-state index in [1.54, 1.807) is 16.9 Å². The number of rotatable bonds is 7. The number of furan rings is 1. The van der Waals surface area contributed by atoms with E-state index < -0.39 is 5.97 Å². The van der Waals surface area contributed by atoms with Crippen LogP contribution in [0, 0.1) is 0 Å². The minimum atomic E-state index is -0.521. The average Bonchev–Trinajstić information content (AvgIpc) is 3.44. The number of hydrogen-bond donors (Lipinski definition) is 0. The quantitative estimate of drug-likeness (QED) is 0.449. The van der Waals surface area contributed by atoms with Crippen LogP contribution in [0.1, 0.15) is 21.7 Å². The molecule has 2 heterocycles. The number of para-hydroxylation sites is 1. The summed E-state index contributed by atoms with van der Waals surface area (Å²) in [7, 11) is 0. The maximum Gasteiger partial charge on any atom is 0.374 e. The van der Waals surface area contributed by atoms with Gasteiger partial charge in [-0.15, -0.1) is 0 Å². The van der Waals surface area contributed by atoms with Gasteiger partial charge in [0.2, 0.25) is 5.76 Å². The summed E-state index contributed by atoms with van der Waals surface area (Å²) >= 11 is 0. The molecule has 0 unspecified atom stereocenters. The van der Waals surface area contributed by atoms with Crippen molar-refractivity contribution in [1.29, 1.82) is 0 Å². The second-order valence-corrected chi connectivity index (χ2v) is 6.07. The zero-order valence-corrected chi connectivity index (χ0v) is 15.0. The molecule has 2 aromatic heterocycles. The summed E-state index contributed by atoms with van der Waals surface area (Å²) in [6.07, 6.45) is 5.04. The van der Waals surface area contributed by atoms with Gasteiger partial charge in [0.25, 0.3) is 0 Å². The summed E-state index contributed by atoms with van der Waals surface area (Å²) in [5.74, 6) is 0.359. The lowest BCUT2D eigenvalue weighted by atomic mass is 10.2. The number of benzene rings is 2. The molecule has 6 heteroatoms. The Morgan fingerprint density at radius 3 is 2.54 bits per heavy atom. The first kappa shape index (κ1) is 17.6. The van der Waals surface area contributed by atoms with Crippen molar-refractivity contribution in [2.75, 3.05) is 0 Å². The standard InChI is InChI=1S/C22H18N2O4/c25-22(21-18(11-14-26-21)16-27-20-5-2-1-3-6-20)28-15-17-7-9-19(10-8-17)24-13-4-12-23-24/h1-14H,15-16H2. The van der Waals surface area contributed by atoms with Crippen molar-refractivity contribution in [3.63, 3.8) is 0 Å². The molecule has 0 aliphatic heterocycles. The van der Waals surface area contributed by atoms with Crippen LogP contribution in [-0.4, -0.2) is 15.7 Å². The Labute approximate surface area is 161 Å². The van der Waals surface area contributed by atoms with Gasteiger partial charge >= 0.3 is 5.97 Å². The van der Waals surface area contributed by atoms with Gasteiger partial charge in [0.1, 0.15) is 19.0 Å². The van der Waals surface area contributed by atoms with Gasteiger partial charge in [-0.1, -0.05) is 30.3 Å². The summed E-state index contributed by atoms with van der Waals surface area (Å²) in [4.78, 5) is 12.4. The highest BCUT2D eigenvalue weighted by Gasteiger charge is 2.17. The van der Waals surface area contributed by atoms with Crippen molar-refractivity contribution in [2.45, 2.75) is 13.2 Å². The van der Waals surface area contributed by atoms with E-state index in [4.69, 9.17) is 13.9 Å². The first-order valence-electron chi connectivity index (χ1n) is 8.80. The van der Waals surface area contributed by atoms with Gasteiger partial charge in [-0.05, 0) is 42.0 Å². The van der Waals surface area contributed by atoms with Gasteiger partial charge in [-0.3, -0.25) is 0 Å². The fraction of sp³-hybridized carbons (Fsp3) is 0.0909. The molecule has 0 spiro atoms. The number of carbonyl (C=O) groups is 1. The molecule has 0 bridgehead atoms. The molecule has 0 amide bonds. The van der Waals surface area contributed by atoms with Crippen LogP contribution in [0.3, 0.4) is 0 Å². The van der Waals surface area contributed by atoms with E-state index in [-0.39, 0.29) is 19.0 Å². The maximum atomic E-state index is 12.4. The lowest BCUT2D eigenvalue weighted by Crippen LogP contribution is -2.08. The smallest absolute Gasteiger partial charge is 0.374 e. The first-order valence-corrected chi connectivity index (χ1v) is 8.80. The third-order valence-corrected chi connectivity index (χ3v) is 4.14. The van der Waals surface area contributed by atoms with Crippen molar-refractivity contribution < 1.29 is 18.7 Å². The minimum absolute atomic E-state index is 0.151. The molecule has 0 saturated carbocycles. The molecular weight excluding hydrogens is 356 g/mol. The number of nitrogens with zero attached hydrogens (tertiary/aromatic N) is 2. The lowest BCUT2D eigenvalue weighted by Gasteiger charge is -2.08. The molecule has 0 aliphatic rings. The second-order valence-electron chi connectivity index (χ2n) is 6.07. The predicted molar refractivity (Wildman–Crippen MR) is 102 cm³/mol. The number of carbonyl (C=O) groups excluding carboxylic acids is 1. The summed E-state index contributed by atoms with van der Waals surface area (Å²) in [5.41, 5.74) is 2.45. The Morgan fingerprint density at radius 2 is 1.79 bits per heavy atom. The Bertz CT molecular complexity index is 1020. The molecule has 140 valence electrons. The second kappa shape index (κ2) is 8.26. The fourth-order valence-corrected chi connectivity index (χ4v) is 2.69.